The zero-order chi connectivity index (χ0) is 13.8. The van der Waals surface area contributed by atoms with E-state index < -0.39 is 0 Å². The van der Waals surface area contributed by atoms with Gasteiger partial charge < -0.3 is 5.32 Å². The monoisotopic (exact) mass is 257 g/mol. The maximum absolute atomic E-state index is 4.61. The molecule has 1 heterocycles. The van der Waals surface area contributed by atoms with Gasteiger partial charge in [0, 0.05) is 18.3 Å². The topological polar surface area (TPSA) is 29.9 Å². The first-order chi connectivity index (χ1) is 9.10. The zero-order valence-corrected chi connectivity index (χ0v) is 12.3. The molecule has 2 rings (SSSR count). The first-order valence-electron chi connectivity index (χ1n) is 6.90. The van der Waals surface area contributed by atoms with Gasteiger partial charge >= 0.3 is 0 Å². The third-order valence-corrected chi connectivity index (χ3v) is 3.45. The molecule has 0 saturated heterocycles. The van der Waals surface area contributed by atoms with Gasteiger partial charge in [0.25, 0.3) is 0 Å². The van der Waals surface area contributed by atoms with Crippen LogP contribution in [0.25, 0.3) is 0 Å². The molecule has 0 fully saturated rings. The molecule has 1 aromatic carbocycles. The molecule has 3 heteroatoms. The number of nitrogens with zero attached hydrogens (tertiary/aromatic N) is 2. The van der Waals surface area contributed by atoms with Crippen LogP contribution in [0.1, 0.15) is 34.9 Å². The van der Waals surface area contributed by atoms with Crippen molar-refractivity contribution in [2.24, 2.45) is 0 Å². The summed E-state index contributed by atoms with van der Waals surface area (Å²) in [6, 6.07) is 6.58. The molecule has 102 valence electrons. The lowest BCUT2D eigenvalue weighted by atomic mass is 10.1. The van der Waals surface area contributed by atoms with Crippen LogP contribution in [0, 0.1) is 20.8 Å². The number of nitrogens with one attached hydrogen (secondary N) is 1. The van der Waals surface area contributed by atoms with Crippen LogP contribution >= 0.6 is 0 Å². The van der Waals surface area contributed by atoms with Gasteiger partial charge in [-0.25, -0.2) is 0 Å². The Morgan fingerprint density at radius 3 is 2.68 bits per heavy atom. The van der Waals surface area contributed by atoms with Gasteiger partial charge in [-0.05, 0) is 38.4 Å². The maximum atomic E-state index is 4.61. The average Bonchev–Trinajstić information content (AvgIpc) is 2.72. The van der Waals surface area contributed by atoms with Crippen molar-refractivity contribution < 1.29 is 0 Å². The highest BCUT2D eigenvalue weighted by molar-refractivity contribution is 5.30. The van der Waals surface area contributed by atoms with Gasteiger partial charge in [0.15, 0.2) is 0 Å². The molecule has 0 amide bonds. The van der Waals surface area contributed by atoms with E-state index in [2.05, 4.69) is 62.5 Å². The second-order valence-corrected chi connectivity index (χ2v) is 5.15. The summed E-state index contributed by atoms with van der Waals surface area (Å²) >= 11 is 0. The van der Waals surface area contributed by atoms with Crippen LogP contribution in [0.15, 0.2) is 24.4 Å². The van der Waals surface area contributed by atoms with Crippen molar-refractivity contribution in [1.82, 2.24) is 15.1 Å². The predicted octanol–water partition coefficient (Wildman–Crippen LogP) is 2.97. The fourth-order valence-corrected chi connectivity index (χ4v) is 2.22. The van der Waals surface area contributed by atoms with Crippen LogP contribution < -0.4 is 5.32 Å². The molecular weight excluding hydrogens is 234 g/mol. The highest BCUT2D eigenvalue weighted by Gasteiger charge is 2.06. The minimum atomic E-state index is 0.848. The Bertz CT molecular complexity index is 555. The van der Waals surface area contributed by atoms with Crippen molar-refractivity contribution in [1.29, 1.82) is 0 Å². The van der Waals surface area contributed by atoms with Crippen LogP contribution in [-0.2, 0) is 13.1 Å². The highest BCUT2D eigenvalue weighted by Crippen LogP contribution is 2.13. The molecule has 0 radical (unpaired) electrons. The summed E-state index contributed by atoms with van der Waals surface area (Å²) in [6.45, 7) is 11.2. The minimum absolute atomic E-state index is 0.848. The summed E-state index contributed by atoms with van der Waals surface area (Å²) in [5, 5.41) is 7.96. The van der Waals surface area contributed by atoms with E-state index in [1.807, 2.05) is 4.68 Å². The normalized spacial score (nSPS) is 10.9. The fourth-order valence-electron chi connectivity index (χ4n) is 2.22. The molecule has 0 aliphatic rings. The van der Waals surface area contributed by atoms with E-state index in [0.29, 0.717) is 0 Å². The first kappa shape index (κ1) is 13.8. The molecule has 0 aliphatic heterocycles. The number of rotatable bonds is 5. The van der Waals surface area contributed by atoms with Gasteiger partial charge in [-0.3, -0.25) is 4.68 Å². The quantitative estimate of drug-likeness (QED) is 0.892. The Balaban J connectivity index is 2.17. The number of aromatic nitrogens is 2. The van der Waals surface area contributed by atoms with E-state index in [4.69, 9.17) is 0 Å². The third-order valence-electron chi connectivity index (χ3n) is 3.45. The molecule has 0 spiro atoms. The first-order valence-corrected chi connectivity index (χ1v) is 6.90. The summed E-state index contributed by atoms with van der Waals surface area (Å²) in [5.41, 5.74) is 6.38. The number of benzene rings is 1. The standard InChI is InChI=1S/C16H23N3/c1-5-17-9-16-11-19(18-14(16)4)10-15-8-12(2)6-7-13(15)3/h6-8,11,17H,5,9-10H2,1-4H3. The average molecular weight is 257 g/mol. The molecule has 0 atom stereocenters. The third kappa shape index (κ3) is 3.44. The summed E-state index contributed by atoms with van der Waals surface area (Å²) in [6.07, 6.45) is 2.15. The van der Waals surface area contributed by atoms with Crippen molar-refractivity contribution in [2.45, 2.75) is 40.8 Å². The zero-order valence-electron chi connectivity index (χ0n) is 12.3. The van der Waals surface area contributed by atoms with Crippen molar-refractivity contribution in [3.05, 3.63) is 52.3 Å². The Labute approximate surface area is 115 Å². The van der Waals surface area contributed by atoms with Gasteiger partial charge in [-0.15, -0.1) is 0 Å². The van der Waals surface area contributed by atoms with Gasteiger partial charge in [0.05, 0.1) is 12.2 Å². The van der Waals surface area contributed by atoms with E-state index in [1.54, 1.807) is 0 Å². The lowest BCUT2D eigenvalue weighted by molar-refractivity contribution is 0.675. The Morgan fingerprint density at radius 2 is 1.95 bits per heavy atom. The molecule has 3 nitrogen and oxygen atoms in total. The number of aryl methyl sites for hydroxylation is 3. The second kappa shape index (κ2) is 6.02. The molecule has 0 unspecified atom stereocenters. The lowest BCUT2D eigenvalue weighted by Gasteiger charge is -2.07. The molecule has 19 heavy (non-hydrogen) atoms. The van der Waals surface area contributed by atoms with Gasteiger partial charge in [0.1, 0.15) is 0 Å². The maximum Gasteiger partial charge on any atom is 0.0662 e. The smallest absolute Gasteiger partial charge is 0.0662 e. The van der Waals surface area contributed by atoms with Gasteiger partial charge in [0.2, 0.25) is 0 Å². The van der Waals surface area contributed by atoms with Crippen molar-refractivity contribution in [3.8, 4) is 0 Å². The van der Waals surface area contributed by atoms with Gasteiger partial charge in [-0.2, -0.15) is 5.10 Å². The van der Waals surface area contributed by atoms with E-state index >= 15 is 0 Å². The Hall–Kier alpha value is -1.61. The summed E-state index contributed by atoms with van der Waals surface area (Å²) in [5.74, 6) is 0. The lowest BCUT2D eigenvalue weighted by Crippen LogP contribution is -2.11. The summed E-state index contributed by atoms with van der Waals surface area (Å²) in [7, 11) is 0. The molecule has 0 aliphatic carbocycles. The molecule has 1 N–H and O–H groups in total. The van der Waals surface area contributed by atoms with Crippen molar-refractivity contribution in [2.75, 3.05) is 6.54 Å². The summed E-state index contributed by atoms with van der Waals surface area (Å²) < 4.78 is 2.05. The minimum Gasteiger partial charge on any atom is -0.313 e. The molecule has 2 aromatic rings. The number of hydrogen-bond donors (Lipinski definition) is 1. The number of hydrogen-bond acceptors (Lipinski definition) is 2. The predicted molar refractivity (Wildman–Crippen MR) is 79.4 cm³/mol. The summed E-state index contributed by atoms with van der Waals surface area (Å²) in [4.78, 5) is 0. The van der Waals surface area contributed by atoms with E-state index in [-0.39, 0.29) is 0 Å². The molecule has 0 bridgehead atoms. The highest BCUT2D eigenvalue weighted by atomic mass is 15.3. The largest absolute Gasteiger partial charge is 0.313 e. The second-order valence-electron chi connectivity index (χ2n) is 5.15. The molecule has 1 aromatic heterocycles. The van der Waals surface area contributed by atoms with Crippen molar-refractivity contribution in [3.63, 3.8) is 0 Å². The Kier molecular flexibility index (Phi) is 4.38. The van der Waals surface area contributed by atoms with Crippen molar-refractivity contribution >= 4 is 0 Å². The van der Waals surface area contributed by atoms with E-state index in [9.17, 15) is 0 Å². The SMILES string of the molecule is CCNCc1cn(Cc2cc(C)ccc2C)nc1C. The molecule has 0 saturated carbocycles. The van der Waals surface area contributed by atoms with Crippen LogP contribution in [-0.4, -0.2) is 16.3 Å². The molecular formula is C16H23N3. The van der Waals surface area contributed by atoms with Gasteiger partial charge in [-0.1, -0.05) is 30.7 Å². The van der Waals surface area contributed by atoms with Crippen LogP contribution in [0.4, 0.5) is 0 Å². The fraction of sp³-hybridized carbons (Fsp3) is 0.438. The van der Waals surface area contributed by atoms with Crippen LogP contribution in [0.3, 0.4) is 0 Å². The van der Waals surface area contributed by atoms with Crippen LogP contribution in [0.5, 0.6) is 0 Å². The van der Waals surface area contributed by atoms with E-state index in [0.717, 1.165) is 25.3 Å². The van der Waals surface area contributed by atoms with E-state index in [1.165, 1.54) is 22.3 Å². The Morgan fingerprint density at radius 1 is 1.16 bits per heavy atom. The van der Waals surface area contributed by atoms with Crippen LogP contribution in [0.2, 0.25) is 0 Å².